The zero-order valence-corrected chi connectivity index (χ0v) is 15.5. The number of hydrogen-bond acceptors (Lipinski definition) is 6. The van der Waals surface area contributed by atoms with Gasteiger partial charge in [-0.2, -0.15) is 0 Å². The molecule has 1 aromatic rings. The number of carbonyl (C=O) groups excluding carboxylic acids is 2. The number of carbonyl (C=O) groups is 2. The molecule has 0 spiro atoms. The Morgan fingerprint density at radius 2 is 2.36 bits per heavy atom. The van der Waals surface area contributed by atoms with E-state index in [0.717, 1.165) is 19.5 Å². The van der Waals surface area contributed by atoms with Crippen LogP contribution in [-0.2, 0) is 22.7 Å². The molecule has 1 N–H and O–H groups in total. The minimum Gasteiger partial charge on any atom is -0.543 e. The molecule has 0 aromatic carbocycles. The Morgan fingerprint density at radius 1 is 1.60 bits per heavy atom. The van der Waals surface area contributed by atoms with E-state index >= 15 is 0 Å². The van der Waals surface area contributed by atoms with Gasteiger partial charge in [-0.05, 0) is 13.8 Å². The Labute approximate surface area is 153 Å². The van der Waals surface area contributed by atoms with Gasteiger partial charge in [0.25, 0.3) is 0 Å². The largest absolute Gasteiger partial charge is 0.543 e. The molecule has 0 aliphatic carbocycles. The van der Waals surface area contributed by atoms with Crippen LogP contribution in [0.2, 0.25) is 0 Å². The molecule has 3 aliphatic heterocycles. The molecule has 0 bridgehead atoms. The van der Waals surface area contributed by atoms with Gasteiger partial charge in [-0.1, -0.05) is 11.8 Å². The van der Waals surface area contributed by atoms with Gasteiger partial charge in [0.1, 0.15) is 11.6 Å². The summed E-state index contributed by atoms with van der Waals surface area (Å²) in [5, 5.41) is 21.2. The number of thioether (sulfide) groups is 2. The fourth-order valence-electron chi connectivity index (χ4n) is 3.63. The number of aryl methyl sites for hydroxylation is 2. The summed E-state index contributed by atoms with van der Waals surface area (Å²) in [7, 11) is 0. The number of rotatable bonds is 5. The van der Waals surface area contributed by atoms with Crippen molar-refractivity contribution in [3.63, 3.8) is 0 Å². The Balaban J connectivity index is 1.60. The number of carboxylic acids is 1. The average Bonchev–Trinajstić information content (AvgIpc) is 3.19. The van der Waals surface area contributed by atoms with Crippen LogP contribution in [-0.4, -0.2) is 37.9 Å². The third-order valence-corrected chi connectivity index (χ3v) is 7.85. The number of amides is 1. The van der Waals surface area contributed by atoms with Gasteiger partial charge in [0.2, 0.25) is 12.2 Å². The first-order chi connectivity index (χ1) is 11.9. The maximum absolute atomic E-state index is 12.2. The van der Waals surface area contributed by atoms with E-state index in [1.807, 2.05) is 0 Å². The molecule has 4 atom stereocenters. The molecule has 0 unspecified atom stereocenters. The van der Waals surface area contributed by atoms with E-state index in [-0.39, 0.29) is 22.2 Å². The first-order valence-corrected chi connectivity index (χ1v) is 10.1. The van der Waals surface area contributed by atoms with E-state index in [1.165, 1.54) is 34.1 Å². The molecule has 4 heterocycles. The van der Waals surface area contributed by atoms with Crippen molar-refractivity contribution in [3.8, 4) is 0 Å². The summed E-state index contributed by atoms with van der Waals surface area (Å²) in [4.78, 5) is 25.1. The number of nitrogens with zero attached hydrogens (tertiary/aromatic N) is 3. The van der Waals surface area contributed by atoms with Crippen LogP contribution >= 0.6 is 23.5 Å². The fourth-order valence-corrected chi connectivity index (χ4v) is 6.90. The SMILES string of the molecule is CC[n+]1cc2n(c1)CC[C@@H]2SC1=C(C(=O)[O-])N2C(=O)[C@H]([C@@H](C)O)[C@H]2S1. The molecule has 1 aromatic heterocycles. The summed E-state index contributed by atoms with van der Waals surface area (Å²) in [5.41, 5.74) is 1.14. The zero-order chi connectivity index (χ0) is 17.9. The van der Waals surface area contributed by atoms with E-state index in [9.17, 15) is 19.8 Å². The number of β-lactam (4-membered cyclic amide) rings is 1. The lowest BCUT2D eigenvalue weighted by Crippen LogP contribution is -2.61. The predicted octanol–water partition coefficient (Wildman–Crippen LogP) is -0.195. The Hall–Kier alpha value is -1.45. The van der Waals surface area contributed by atoms with E-state index in [2.05, 4.69) is 28.6 Å². The third-order valence-electron chi connectivity index (χ3n) is 4.95. The monoisotopic (exact) mass is 381 g/mol. The minimum atomic E-state index is -1.33. The number of imidazole rings is 1. The van der Waals surface area contributed by atoms with Crippen molar-refractivity contribution < 1.29 is 24.4 Å². The van der Waals surface area contributed by atoms with Crippen molar-refractivity contribution >= 4 is 35.4 Å². The van der Waals surface area contributed by atoms with Gasteiger partial charge in [0.05, 0.1) is 46.3 Å². The van der Waals surface area contributed by atoms with Crippen molar-refractivity contribution in [2.24, 2.45) is 5.92 Å². The molecule has 1 amide bonds. The van der Waals surface area contributed by atoms with Gasteiger partial charge >= 0.3 is 0 Å². The Bertz CT molecular complexity index is 788. The maximum atomic E-state index is 12.2. The van der Waals surface area contributed by atoms with Gasteiger partial charge in [0, 0.05) is 6.42 Å². The smallest absolute Gasteiger partial charge is 0.244 e. The molecular formula is C16H19N3O4S2. The quantitative estimate of drug-likeness (QED) is 0.562. The van der Waals surface area contributed by atoms with Gasteiger partial charge in [-0.15, -0.1) is 11.8 Å². The summed E-state index contributed by atoms with van der Waals surface area (Å²) in [6, 6.07) is 0. The highest BCUT2D eigenvalue weighted by Crippen LogP contribution is 2.57. The van der Waals surface area contributed by atoms with Crippen LogP contribution < -0.4 is 9.67 Å². The lowest BCUT2D eigenvalue weighted by molar-refractivity contribution is -0.693. The van der Waals surface area contributed by atoms with Crippen LogP contribution in [0.5, 0.6) is 0 Å². The first kappa shape index (κ1) is 17.0. The number of aliphatic hydroxyl groups excluding tert-OH is 1. The van der Waals surface area contributed by atoms with Gasteiger partial charge in [0.15, 0.2) is 5.69 Å². The predicted molar refractivity (Wildman–Crippen MR) is 90.7 cm³/mol. The molecule has 134 valence electrons. The molecule has 0 radical (unpaired) electrons. The van der Waals surface area contributed by atoms with Crippen LogP contribution in [0.15, 0.2) is 22.5 Å². The van der Waals surface area contributed by atoms with E-state index in [0.29, 0.717) is 4.24 Å². The Morgan fingerprint density at radius 3 is 3.00 bits per heavy atom. The van der Waals surface area contributed by atoms with E-state index < -0.39 is 18.0 Å². The second kappa shape index (κ2) is 6.07. The number of aromatic nitrogens is 2. The molecule has 3 aliphatic rings. The molecule has 1 fully saturated rings. The summed E-state index contributed by atoms with van der Waals surface area (Å²) in [6.45, 7) is 5.44. The molecule has 25 heavy (non-hydrogen) atoms. The van der Waals surface area contributed by atoms with Gasteiger partial charge < -0.3 is 15.0 Å². The summed E-state index contributed by atoms with van der Waals surface area (Å²) in [5.74, 6) is -2.21. The first-order valence-electron chi connectivity index (χ1n) is 8.31. The van der Waals surface area contributed by atoms with Crippen molar-refractivity contribution in [3.05, 3.63) is 28.2 Å². The van der Waals surface area contributed by atoms with Crippen LogP contribution in [0.3, 0.4) is 0 Å². The highest BCUT2D eigenvalue weighted by atomic mass is 32.2. The van der Waals surface area contributed by atoms with Crippen molar-refractivity contribution in [1.82, 2.24) is 9.47 Å². The van der Waals surface area contributed by atoms with Crippen LogP contribution in [0.25, 0.3) is 0 Å². The highest BCUT2D eigenvalue weighted by Gasteiger charge is 2.56. The number of carboxylic acid groups (broad SMARTS) is 1. The second-order valence-electron chi connectivity index (χ2n) is 6.50. The number of aliphatic carboxylic acids is 1. The number of fused-ring (bicyclic) bond motifs is 2. The van der Waals surface area contributed by atoms with Crippen molar-refractivity contribution in [2.45, 2.75) is 50.1 Å². The van der Waals surface area contributed by atoms with Crippen molar-refractivity contribution in [2.75, 3.05) is 0 Å². The van der Waals surface area contributed by atoms with Crippen LogP contribution in [0.1, 0.15) is 31.2 Å². The molecule has 4 rings (SSSR count). The number of aliphatic hydroxyl groups is 1. The standard InChI is InChI=1S/C16H19N3O4S2/c1-3-17-6-9-10(4-5-18(9)7-17)24-16-12(15(22)23)19-13(21)11(8(2)20)14(19)25-16/h6-8,10-11,14,20H,3-5H2,1-2H3/t8-,10+,11+,14-/m1/s1. The van der Waals surface area contributed by atoms with Gasteiger partial charge in [-0.25, -0.2) is 9.13 Å². The fraction of sp³-hybridized carbons (Fsp3) is 0.562. The van der Waals surface area contributed by atoms with Crippen molar-refractivity contribution in [1.29, 1.82) is 0 Å². The average molecular weight is 381 g/mol. The lowest BCUT2D eigenvalue weighted by atomic mass is 9.92. The summed E-state index contributed by atoms with van der Waals surface area (Å²) in [6.07, 6.45) is 4.31. The van der Waals surface area contributed by atoms with Crippen LogP contribution in [0.4, 0.5) is 0 Å². The summed E-state index contributed by atoms with van der Waals surface area (Å²) < 4.78 is 4.92. The van der Waals surface area contributed by atoms with E-state index in [4.69, 9.17) is 0 Å². The normalized spacial score (nSPS) is 28.8. The topological polar surface area (TPSA) is 89.5 Å². The molecule has 0 saturated carbocycles. The highest BCUT2D eigenvalue weighted by molar-refractivity contribution is 8.22. The molecular weight excluding hydrogens is 362 g/mol. The minimum absolute atomic E-state index is 0.0322. The lowest BCUT2D eigenvalue weighted by Gasteiger charge is -2.44. The molecule has 9 heteroatoms. The zero-order valence-electron chi connectivity index (χ0n) is 13.9. The van der Waals surface area contributed by atoms with Crippen LogP contribution in [0, 0.1) is 5.92 Å². The Kier molecular flexibility index (Phi) is 4.12. The third kappa shape index (κ3) is 2.51. The molecule has 1 saturated heterocycles. The second-order valence-corrected chi connectivity index (χ2v) is 9.09. The van der Waals surface area contributed by atoms with E-state index in [1.54, 1.807) is 6.92 Å². The molecule has 7 nitrogen and oxygen atoms in total. The summed E-state index contributed by atoms with van der Waals surface area (Å²) >= 11 is 2.86. The number of hydrogen-bond donors (Lipinski definition) is 1. The van der Waals surface area contributed by atoms with Gasteiger partial charge in [-0.3, -0.25) is 9.69 Å². The maximum Gasteiger partial charge on any atom is 0.244 e.